The maximum absolute atomic E-state index is 12.4. The minimum absolute atomic E-state index is 0.0204. The molecule has 3 rings (SSSR count). The van der Waals surface area contributed by atoms with Gasteiger partial charge in [0, 0.05) is 17.5 Å². The molecule has 0 aliphatic carbocycles. The number of thiazole rings is 1. The molecule has 0 saturated heterocycles. The molecule has 10 heteroatoms. The summed E-state index contributed by atoms with van der Waals surface area (Å²) in [6.45, 7) is 0.377. The van der Waals surface area contributed by atoms with Gasteiger partial charge in [0.15, 0.2) is 5.13 Å². The Kier molecular flexibility index (Phi) is 4.48. The van der Waals surface area contributed by atoms with Crippen LogP contribution in [-0.2, 0) is 27.7 Å². The second kappa shape index (κ2) is 6.45. The van der Waals surface area contributed by atoms with Gasteiger partial charge < -0.3 is 5.73 Å². The third-order valence-corrected chi connectivity index (χ3v) is 5.71. The minimum Gasteiger partial charge on any atom is -0.369 e. The fourth-order valence-electron chi connectivity index (χ4n) is 2.65. The average Bonchev–Trinajstić information content (AvgIpc) is 3.11. The Balaban J connectivity index is 1.76. The molecule has 3 N–H and O–H groups in total. The molecule has 1 aromatic heterocycles. The number of primary amides is 1. The number of hydrogen-bond donors (Lipinski definition) is 2. The lowest BCUT2D eigenvalue weighted by Crippen LogP contribution is -2.27. The molecule has 25 heavy (non-hydrogen) atoms. The second-order valence-corrected chi connectivity index (χ2v) is 8.43. The summed E-state index contributed by atoms with van der Waals surface area (Å²) >= 11 is 1.21. The number of hydrogen-bond acceptors (Lipinski definition) is 6. The summed E-state index contributed by atoms with van der Waals surface area (Å²) in [7, 11) is -3.32. The minimum atomic E-state index is -3.32. The molecule has 8 nitrogen and oxygen atoms in total. The van der Waals surface area contributed by atoms with E-state index in [0.29, 0.717) is 35.0 Å². The zero-order valence-corrected chi connectivity index (χ0v) is 15.0. The van der Waals surface area contributed by atoms with E-state index in [9.17, 15) is 18.0 Å². The third kappa shape index (κ3) is 3.80. The van der Waals surface area contributed by atoms with Crippen molar-refractivity contribution in [1.82, 2.24) is 4.98 Å². The lowest BCUT2D eigenvalue weighted by atomic mass is 10.1. The number of carbonyl (C=O) groups excluding carboxylic acids is 2. The molecule has 2 aromatic rings. The summed E-state index contributed by atoms with van der Waals surface area (Å²) in [6.07, 6.45) is 1.74. The van der Waals surface area contributed by atoms with E-state index in [2.05, 4.69) is 10.3 Å². The SMILES string of the molecule is CS(=O)(=O)N1CCc2cc(C(=O)Nc3nc(CC(N)=O)cs3)ccc21. The Labute approximate surface area is 148 Å². The van der Waals surface area contributed by atoms with Gasteiger partial charge in [-0.3, -0.25) is 19.2 Å². The number of amides is 2. The first-order valence-electron chi connectivity index (χ1n) is 7.39. The molecule has 0 radical (unpaired) electrons. The van der Waals surface area contributed by atoms with E-state index in [4.69, 9.17) is 5.73 Å². The van der Waals surface area contributed by atoms with Crippen LogP contribution in [0, 0.1) is 0 Å². The maximum Gasteiger partial charge on any atom is 0.257 e. The quantitative estimate of drug-likeness (QED) is 0.792. The number of nitrogens with two attached hydrogens (primary N) is 1. The summed E-state index contributed by atoms with van der Waals surface area (Å²) in [5.74, 6) is -0.835. The van der Waals surface area contributed by atoms with Crippen molar-refractivity contribution in [3.05, 3.63) is 40.4 Å². The van der Waals surface area contributed by atoms with E-state index in [1.54, 1.807) is 23.6 Å². The summed E-state index contributed by atoms with van der Waals surface area (Å²) in [6, 6.07) is 4.90. The highest BCUT2D eigenvalue weighted by Crippen LogP contribution is 2.31. The highest BCUT2D eigenvalue weighted by molar-refractivity contribution is 7.92. The molecular formula is C15H16N4O4S2. The van der Waals surface area contributed by atoms with Gasteiger partial charge in [-0.15, -0.1) is 11.3 Å². The number of nitrogens with zero attached hydrogens (tertiary/aromatic N) is 2. The van der Waals surface area contributed by atoms with Gasteiger partial charge in [-0.25, -0.2) is 13.4 Å². The van der Waals surface area contributed by atoms with Crippen LogP contribution in [0.3, 0.4) is 0 Å². The van der Waals surface area contributed by atoms with Crippen LogP contribution in [0.5, 0.6) is 0 Å². The van der Waals surface area contributed by atoms with Crippen LogP contribution in [0.25, 0.3) is 0 Å². The number of aromatic nitrogens is 1. The standard InChI is InChI=1S/C15H16N4O4S2/c1-25(22,23)19-5-4-9-6-10(2-3-12(9)19)14(21)18-15-17-11(8-24-15)7-13(16)20/h2-3,6,8H,4-5,7H2,1H3,(H2,16,20)(H,17,18,21). The van der Waals surface area contributed by atoms with Gasteiger partial charge in [0.1, 0.15) is 0 Å². The van der Waals surface area contributed by atoms with Gasteiger partial charge >= 0.3 is 0 Å². The molecule has 1 aromatic carbocycles. The molecule has 0 atom stereocenters. The first-order chi connectivity index (χ1) is 11.7. The number of nitrogens with one attached hydrogen (secondary N) is 1. The Hall–Kier alpha value is -2.46. The van der Waals surface area contributed by atoms with Crippen LogP contribution in [-0.4, -0.2) is 38.0 Å². The number of benzene rings is 1. The lowest BCUT2D eigenvalue weighted by Gasteiger charge is -2.16. The van der Waals surface area contributed by atoms with Crippen molar-refractivity contribution in [2.45, 2.75) is 12.8 Å². The van der Waals surface area contributed by atoms with Crippen molar-refractivity contribution in [2.75, 3.05) is 22.4 Å². The van der Waals surface area contributed by atoms with Gasteiger partial charge in [-0.2, -0.15) is 0 Å². The summed E-state index contributed by atoms with van der Waals surface area (Å²) < 4.78 is 24.8. The topological polar surface area (TPSA) is 122 Å². The van der Waals surface area contributed by atoms with Crippen LogP contribution in [0.2, 0.25) is 0 Å². The van der Waals surface area contributed by atoms with E-state index in [-0.39, 0.29) is 12.3 Å². The van der Waals surface area contributed by atoms with Gasteiger partial charge in [-0.1, -0.05) is 0 Å². The van der Waals surface area contributed by atoms with Crippen LogP contribution in [0.1, 0.15) is 21.6 Å². The summed E-state index contributed by atoms with van der Waals surface area (Å²) in [5, 5.41) is 4.70. The summed E-state index contributed by atoms with van der Waals surface area (Å²) in [5.41, 5.74) is 7.45. The Morgan fingerprint density at radius 2 is 2.16 bits per heavy atom. The van der Waals surface area contributed by atoms with Gasteiger partial charge in [0.05, 0.1) is 24.1 Å². The van der Waals surface area contributed by atoms with E-state index in [1.807, 2.05) is 0 Å². The van der Waals surface area contributed by atoms with Crippen molar-refractivity contribution in [3.8, 4) is 0 Å². The Morgan fingerprint density at radius 3 is 2.84 bits per heavy atom. The van der Waals surface area contributed by atoms with Gasteiger partial charge in [0.2, 0.25) is 15.9 Å². The molecule has 2 heterocycles. The molecule has 1 aliphatic rings. The number of carbonyl (C=O) groups is 2. The molecule has 0 fully saturated rings. The molecular weight excluding hydrogens is 364 g/mol. The normalized spacial score (nSPS) is 13.6. The second-order valence-electron chi connectivity index (χ2n) is 5.67. The van der Waals surface area contributed by atoms with Crippen LogP contribution < -0.4 is 15.4 Å². The predicted octanol–water partition coefficient (Wildman–Crippen LogP) is 0.745. The maximum atomic E-state index is 12.4. The van der Waals surface area contributed by atoms with Crippen molar-refractivity contribution >= 4 is 44.0 Å². The van der Waals surface area contributed by atoms with Gasteiger partial charge in [0.25, 0.3) is 5.91 Å². The Bertz CT molecular complexity index is 952. The zero-order valence-electron chi connectivity index (χ0n) is 13.4. The van der Waals surface area contributed by atoms with E-state index >= 15 is 0 Å². The van der Waals surface area contributed by atoms with Crippen molar-refractivity contribution < 1.29 is 18.0 Å². The first-order valence-corrected chi connectivity index (χ1v) is 10.1. The fraction of sp³-hybridized carbons (Fsp3) is 0.267. The third-order valence-electron chi connectivity index (χ3n) is 3.72. The molecule has 0 bridgehead atoms. The van der Waals surface area contributed by atoms with Crippen LogP contribution in [0.4, 0.5) is 10.8 Å². The molecule has 0 spiro atoms. The number of fused-ring (bicyclic) bond motifs is 1. The zero-order chi connectivity index (χ0) is 18.2. The van der Waals surface area contributed by atoms with Crippen molar-refractivity contribution in [3.63, 3.8) is 0 Å². The monoisotopic (exact) mass is 380 g/mol. The van der Waals surface area contributed by atoms with Gasteiger partial charge in [-0.05, 0) is 30.2 Å². The fourth-order valence-corrected chi connectivity index (χ4v) is 4.31. The smallest absolute Gasteiger partial charge is 0.257 e. The molecule has 0 saturated carbocycles. The van der Waals surface area contributed by atoms with Crippen molar-refractivity contribution in [1.29, 1.82) is 0 Å². The highest BCUT2D eigenvalue weighted by atomic mass is 32.2. The van der Waals surface area contributed by atoms with Crippen LogP contribution in [0.15, 0.2) is 23.6 Å². The predicted molar refractivity (Wildman–Crippen MR) is 95.3 cm³/mol. The van der Waals surface area contributed by atoms with Crippen molar-refractivity contribution in [2.24, 2.45) is 5.73 Å². The first kappa shape index (κ1) is 17.4. The number of rotatable bonds is 5. The highest BCUT2D eigenvalue weighted by Gasteiger charge is 2.26. The Morgan fingerprint density at radius 1 is 1.40 bits per heavy atom. The largest absolute Gasteiger partial charge is 0.369 e. The van der Waals surface area contributed by atoms with E-state index < -0.39 is 15.9 Å². The average molecular weight is 380 g/mol. The van der Waals surface area contributed by atoms with E-state index in [1.165, 1.54) is 15.6 Å². The van der Waals surface area contributed by atoms with Crippen LogP contribution >= 0.6 is 11.3 Å². The number of anilines is 2. The summed E-state index contributed by atoms with van der Waals surface area (Å²) in [4.78, 5) is 27.4. The number of sulfonamides is 1. The molecule has 132 valence electrons. The molecule has 1 aliphatic heterocycles. The molecule has 0 unspecified atom stereocenters. The lowest BCUT2D eigenvalue weighted by molar-refractivity contribution is -0.117. The molecule has 2 amide bonds. The van der Waals surface area contributed by atoms with E-state index in [0.717, 1.165) is 11.8 Å².